The molecule has 1 aliphatic rings. The van der Waals surface area contributed by atoms with Gasteiger partial charge in [-0.25, -0.2) is 0 Å². The summed E-state index contributed by atoms with van der Waals surface area (Å²) in [6, 6.07) is 6.93. The molecule has 1 heterocycles. The number of benzene rings is 1. The van der Waals surface area contributed by atoms with Gasteiger partial charge < -0.3 is 14.2 Å². The van der Waals surface area contributed by atoms with E-state index in [0.29, 0.717) is 6.04 Å². The highest BCUT2D eigenvalue weighted by atomic mass is 16.7. The first-order chi connectivity index (χ1) is 10.0. The molecular weight excluding hydrogens is 266 g/mol. The summed E-state index contributed by atoms with van der Waals surface area (Å²) in [5.74, 6) is 0. The van der Waals surface area contributed by atoms with Crippen LogP contribution in [0.15, 0.2) is 18.2 Å². The number of hydrogen-bond acceptors (Lipinski definition) is 4. The zero-order valence-corrected chi connectivity index (χ0v) is 13.8. The zero-order valence-electron chi connectivity index (χ0n) is 13.8. The number of hydrogen-bond donors (Lipinski definition) is 0. The molecule has 1 fully saturated rings. The van der Waals surface area contributed by atoms with Crippen molar-refractivity contribution in [2.75, 3.05) is 33.9 Å². The standard InChI is InChI=1S/C17H27NO3/c1-12-6-7-13(2)15(8-12)16-9-18(14(3)11-21-16)10-17(19-4)20-5/h6-8,14,16-17H,9-11H2,1-5H3/t14-,16-/m0/s1. The van der Waals surface area contributed by atoms with Crippen molar-refractivity contribution in [1.29, 1.82) is 0 Å². The molecule has 1 aliphatic heterocycles. The van der Waals surface area contributed by atoms with Gasteiger partial charge in [0.15, 0.2) is 6.29 Å². The maximum Gasteiger partial charge on any atom is 0.169 e. The number of aryl methyl sites for hydroxylation is 2. The van der Waals surface area contributed by atoms with Gasteiger partial charge in [0.2, 0.25) is 0 Å². The maximum atomic E-state index is 6.07. The smallest absolute Gasteiger partial charge is 0.169 e. The van der Waals surface area contributed by atoms with Crippen LogP contribution < -0.4 is 0 Å². The predicted molar refractivity (Wildman–Crippen MR) is 83.5 cm³/mol. The third-order valence-corrected chi connectivity index (χ3v) is 4.25. The minimum absolute atomic E-state index is 0.121. The largest absolute Gasteiger partial charge is 0.371 e. The van der Waals surface area contributed by atoms with Gasteiger partial charge in [0.25, 0.3) is 0 Å². The number of rotatable bonds is 5. The van der Waals surface area contributed by atoms with Crippen LogP contribution in [-0.4, -0.2) is 51.1 Å². The first-order valence-electron chi connectivity index (χ1n) is 7.53. The molecule has 118 valence electrons. The van der Waals surface area contributed by atoms with Gasteiger partial charge in [-0.3, -0.25) is 4.90 Å². The van der Waals surface area contributed by atoms with Gasteiger partial charge in [0.05, 0.1) is 12.7 Å². The Kier molecular flexibility index (Phi) is 5.76. The molecule has 1 aromatic rings. The van der Waals surface area contributed by atoms with Gasteiger partial charge in [0, 0.05) is 33.4 Å². The van der Waals surface area contributed by atoms with Gasteiger partial charge in [-0.05, 0) is 31.9 Å². The Morgan fingerprint density at radius 1 is 1.29 bits per heavy atom. The van der Waals surface area contributed by atoms with Gasteiger partial charge in [-0.15, -0.1) is 0 Å². The fourth-order valence-electron chi connectivity index (χ4n) is 2.79. The zero-order chi connectivity index (χ0) is 15.4. The highest BCUT2D eigenvalue weighted by molar-refractivity contribution is 5.32. The van der Waals surface area contributed by atoms with Crippen LogP contribution in [-0.2, 0) is 14.2 Å². The highest BCUT2D eigenvalue weighted by Crippen LogP contribution is 2.28. The van der Waals surface area contributed by atoms with Crippen molar-refractivity contribution in [3.63, 3.8) is 0 Å². The summed E-state index contributed by atoms with van der Waals surface area (Å²) in [6.07, 6.45) is -0.0692. The van der Waals surface area contributed by atoms with Crippen LogP contribution in [0.4, 0.5) is 0 Å². The lowest BCUT2D eigenvalue weighted by molar-refractivity contribution is -0.142. The molecule has 0 saturated carbocycles. The number of nitrogens with zero attached hydrogens (tertiary/aromatic N) is 1. The Balaban J connectivity index is 2.11. The fourth-order valence-corrected chi connectivity index (χ4v) is 2.79. The van der Waals surface area contributed by atoms with Crippen LogP contribution in [0, 0.1) is 13.8 Å². The molecule has 4 heteroatoms. The Labute approximate surface area is 128 Å². The van der Waals surface area contributed by atoms with E-state index in [4.69, 9.17) is 14.2 Å². The van der Waals surface area contributed by atoms with Gasteiger partial charge in [0.1, 0.15) is 0 Å². The van der Waals surface area contributed by atoms with E-state index in [9.17, 15) is 0 Å². The summed E-state index contributed by atoms with van der Waals surface area (Å²) in [4.78, 5) is 2.38. The quantitative estimate of drug-likeness (QED) is 0.781. The van der Waals surface area contributed by atoms with Crippen molar-refractivity contribution < 1.29 is 14.2 Å². The van der Waals surface area contributed by atoms with Crippen LogP contribution in [0.25, 0.3) is 0 Å². The predicted octanol–water partition coefficient (Wildman–Crippen LogP) is 2.68. The lowest BCUT2D eigenvalue weighted by Gasteiger charge is -2.39. The molecule has 0 amide bonds. The fraction of sp³-hybridized carbons (Fsp3) is 0.647. The third kappa shape index (κ3) is 4.04. The van der Waals surface area contributed by atoms with E-state index in [0.717, 1.165) is 19.7 Å². The molecule has 0 bridgehead atoms. The Bertz CT molecular complexity index is 459. The minimum atomic E-state index is -0.190. The SMILES string of the molecule is COC(CN1C[C@@H](c2cc(C)ccc2C)OC[C@@H]1C)OC. The van der Waals surface area contributed by atoms with Gasteiger partial charge >= 0.3 is 0 Å². The molecule has 1 aromatic carbocycles. The molecule has 0 aromatic heterocycles. The topological polar surface area (TPSA) is 30.9 Å². The lowest BCUT2D eigenvalue weighted by atomic mass is 9.99. The summed E-state index contributed by atoms with van der Waals surface area (Å²) in [5.41, 5.74) is 3.85. The van der Waals surface area contributed by atoms with E-state index in [2.05, 4.69) is 43.9 Å². The summed E-state index contributed by atoms with van der Waals surface area (Å²) >= 11 is 0. The van der Waals surface area contributed by atoms with E-state index < -0.39 is 0 Å². The monoisotopic (exact) mass is 293 g/mol. The molecular formula is C17H27NO3. The lowest BCUT2D eigenvalue weighted by Crippen LogP contribution is -2.48. The van der Waals surface area contributed by atoms with Crippen LogP contribution in [0.5, 0.6) is 0 Å². The second kappa shape index (κ2) is 7.36. The van der Waals surface area contributed by atoms with E-state index in [-0.39, 0.29) is 12.4 Å². The van der Waals surface area contributed by atoms with Crippen LogP contribution in [0.2, 0.25) is 0 Å². The normalized spacial score (nSPS) is 23.7. The molecule has 4 nitrogen and oxygen atoms in total. The summed E-state index contributed by atoms with van der Waals surface area (Å²) in [6.45, 7) is 8.82. The Morgan fingerprint density at radius 3 is 2.67 bits per heavy atom. The van der Waals surface area contributed by atoms with Crippen molar-refractivity contribution >= 4 is 0 Å². The van der Waals surface area contributed by atoms with E-state index in [1.54, 1.807) is 14.2 Å². The highest BCUT2D eigenvalue weighted by Gasteiger charge is 2.29. The summed E-state index contributed by atoms with van der Waals surface area (Å²) in [5, 5.41) is 0. The minimum Gasteiger partial charge on any atom is -0.371 e. The number of ether oxygens (including phenoxy) is 3. The van der Waals surface area contributed by atoms with E-state index in [1.165, 1.54) is 16.7 Å². The van der Waals surface area contributed by atoms with Crippen LogP contribution >= 0.6 is 0 Å². The molecule has 0 radical (unpaired) electrons. The molecule has 2 atom stereocenters. The van der Waals surface area contributed by atoms with Crippen molar-refractivity contribution in [3.05, 3.63) is 34.9 Å². The molecule has 2 rings (SSSR count). The van der Waals surface area contributed by atoms with Gasteiger partial charge in [-0.1, -0.05) is 23.8 Å². The Morgan fingerprint density at radius 2 is 2.00 bits per heavy atom. The molecule has 1 saturated heterocycles. The number of morpholine rings is 1. The number of methoxy groups -OCH3 is 2. The maximum absolute atomic E-state index is 6.07. The van der Waals surface area contributed by atoms with Crippen LogP contribution in [0.1, 0.15) is 29.7 Å². The van der Waals surface area contributed by atoms with E-state index in [1.807, 2.05) is 0 Å². The first-order valence-corrected chi connectivity index (χ1v) is 7.53. The first kappa shape index (κ1) is 16.4. The average molecular weight is 293 g/mol. The summed E-state index contributed by atoms with van der Waals surface area (Å²) < 4.78 is 16.7. The summed E-state index contributed by atoms with van der Waals surface area (Å²) in [7, 11) is 3.36. The van der Waals surface area contributed by atoms with Crippen molar-refractivity contribution in [2.24, 2.45) is 0 Å². The molecule has 0 N–H and O–H groups in total. The molecule has 0 unspecified atom stereocenters. The van der Waals surface area contributed by atoms with Crippen LogP contribution in [0.3, 0.4) is 0 Å². The second-order valence-electron chi connectivity index (χ2n) is 5.89. The second-order valence-corrected chi connectivity index (χ2v) is 5.89. The van der Waals surface area contributed by atoms with Crippen molar-refractivity contribution in [1.82, 2.24) is 4.90 Å². The Hall–Kier alpha value is -0.940. The van der Waals surface area contributed by atoms with Gasteiger partial charge in [-0.2, -0.15) is 0 Å². The molecule has 0 spiro atoms. The molecule has 21 heavy (non-hydrogen) atoms. The molecule has 0 aliphatic carbocycles. The van der Waals surface area contributed by atoms with Crippen molar-refractivity contribution in [2.45, 2.75) is 39.2 Å². The van der Waals surface area contributed by atoms with E-state index >= 15 is 0 Å². The average Bonchev–Trinajstić information content (AvgIpc) is 2.49. The van der Waals surface area contributed by atoms with Crippen molar-refractivity contribution in [3.8, 4) is 0 Å². The third-order valence-electron chi connectivity index (χ3n) is 4.25.